The fourth-order valence-electron chi connectivity index (χ4n) is 3.11. The fraction of sp³-hybridized carbons (Fsp3) is 0.667. The second-order valence-corrected chi connectivity index (χ2v) is 5.94. The van der Waals surface area contributed by atoms with Crippen LogP contribution in [-0.4, -0.2) is 23.4 Å². The maximum Gasteiger partial charge on any atom is 0.230 e. The van der Waals surface area contributed by atoms with E-state index in [0.29, 0.717) is 19.1 Å². The molecule has 0 atom stereocenters. The molecule has 0 radical (unpaired) electrons. The van der Waals surface area contributed by atoms with Crippen molar-refractivity contribution in [2.24, 2.45) is 11.1 Å². The van der Waals surface area contributed by atoms with Crippen molar-refractivity contribution in [3.63, 3.8) is 0 Å². The van der Waals surface area contributed by atoms with E-state index < -0.39 is 0 Å². The molecule has 1 amide bonds. The molecule has 104 valence electrons. The summed E-state index contributed by atoms with van der Waals surface area (Å²) < 4.78 is 5.42. The van der Waals surface area contributed by atoms with E-state index in [0.717, 1.165) is 31.4 Å². The van der Waals surface area contributed by atoms with Gasteiger partial charge in [-0.15, -0.1) is 0 Å². The van der Waals surface area contributed by atoms with E-state index in [4.69, 9.17) is 10.2 Å². The maximum absolute atomic E-state index is 12.8. The van der Waals surface area contributed by atoms with Gasteiger partial charge in [0.15, 0.2) is 0 Å². The summed E-state index contributed by atoms with van der Waals surface area (Å²) in [6, 6.07) is 4.20. The van der Waals surface area contributed by atoms with Crippen LogP contribution in [-0.2, 0) is 11.3 Å². The highest BCUT2D eigenvalue weighted by Crippen LogP contribution is 2.47. The van der Waals surface area contributed by atoms with E-state index in [-0.39, 0.29) is 11.3 Å². The van der Waals surface area contributed by atoms with Crippen LogP contribution in [0.3, 0.4) is 0 Å². The van der Waals surface area contributed by atoms with Crippen molar-refractivity contribution in [2.45, 2.75) is 51.1 Å². The summed E-state index contributed by atoms with van der Waals surface area (Å²) in [4.78, 5) is 14.8. The lowest BCUT2D eigenvalue weighted by atomic mass is 10.0. The molecule has 19 heavy (non-hydrogen) atoms. The largest absolute Gasteiger partial charge is 0.467 e. The SMILES string of the molecule is NCC1(C(=O)N(Cc2ccco2)C2CCCC2)CC1. The molecule has 0 bridgehead atoms. The zero-order valence-electron chi connectivity index (χ0n) is 11.3. The molecule has 2 saturated carbocycles. The highest BCUT2D eigenvalue weighted by molar-refractivity contribution is 5.86. The molecule has 1 aromatic rings. The van der Waals surface area contributed by atoms with Gasteiger partial charge in [-0.05, 0) is 37.8 Å². The highest BCUT2D eigenvalue weighted by Gasteiger charge is 2.51. The van der Waals surface area contributed by atoms with Crippen LogP contribution in [0, 0.1) is 5.41 Å². The normalized spacial score (nSPS) is 21.5. The van der Waals surface area contributed by atoms with Crippen molar-refractivity contribution in [2.75, 3.05) is 6.54 Å². The molecular formula is C15H22N2O2. The van der Waals surface area contributed by atoms with Crippen LogP contribution < -0.4 is 5.73 Å². The number of nitrogens with zero attached hydrogens (tertiary/aromatic N) is 1. The van der Waals surface area contributed by atoms with Crippen molar-refractivity contribution >= 4 is 5.91 Å². The Bertz CT molecular complexity index is 431. The second kappa shape index (κ2) is 5.00. The van der Waals surface area contributed by atoms with Gasteiger partial charge in [-0.1, -0.05) is 12.8 Å². The zero-order chi connectivity index (χ0) is 13.3. The van der Waals surface area contributed by atoms with Crippen LogP contribution in [0.25, 0.3) is 0 Å². The Morgan fingerprint density at radius 1 is 1.42 bits per heavy atom. The first-order chi connectivity index (χ1) is 9.25. The molecule has 4 nitrogen and oxygen atoms in total. The van der Waals surface area contributed by atoms with E-state index >= 15 is 0 Å². The molecule has 3 rings (SSSR count). The first-order valence-electron chi connectivity index (χ1n) is 7.29. The number of amides is 1. The number of hydrogen-bond donors (Lipinski definition) is 1. The van der Waals surface area contributed by atoms with Crippen LogP contribution in [0.5, 0.6) is 0 Å². The summed E-state index contributed by atoms with van der Waals surface area (Å²) in [5, 5.41) is 0. The van der Waals surface area contributed by atoms with Gasteiger partial charge < -0.3 is 15.1 Å². The quantitative estimate of drug-likeness (QED) is 0.885. The van der Waals surface area contributed by atoms with Gasteiger partial charge in [0, 0.05) is 12.6 Å². The standard InChI is InChI=1S/C15H22N2O2/c16-11-15(7-8-15)14(18)17(12-4-1-2-5-12)10-13-6-3-9-19-13/h3,6,9,12H,1-2,4-5,7-8,10-11,16H2. The molecule has 2 fully saturated rings. The minimum absolute atomic E-state index is 0.248. The Labute approximate surface area is 113 Å². The van der Waals surface area contributed by atoms with E-state index in [1.807, 2.05) is 17.0 Å². The predicted molar refractivity (Wildman–Crippen MR) is 72.2 cm³/mol. The van der Waals surface area contributed by atoms with Crippen LogP contribution in [0.15, 0.2) is 22.8 Å². The summed E-state index contributed by atoms with van der Waals surface area (Å²) in [7, 11) is 0. The van der Waals surface area contributed by atoms with Gasteiger partial charge in [0.25, 0.3) is 0 Å². The summed E-state index contributed by atoms with van der Waals surface area (Å²) in [5.74, 6) is 1.12. The molecule has 1 heterocycles. The fourth-order valence-corrected chi connectivity index (χ4v) is 3.11. The third kappa shape index (κ3) is 2.41. The Morgan fingerprint density at radius 2 is 2.16 bits per heavy atom. The first kappa shape index (κ1) is 12.7. The van der Waals surface area contributed by atoms with E-state index in [2.05, 4.69) is 0 Å². The number of rotatable bonds is 5. The lowest BCUT2D eigenvalue weighted by Gasteiger charge is -2.31. The lowest BCUT2D eigenvalue weighted by molar-refractivity contribution is -0.140. The van der Waals surface area contributed by atoms with Crippen LogP contribution in [0.1, 0.15) is 44.3 Å². The molecule has 0 aliphatic heterocycles. The molecule has 2 N–H and O–H groups in total. The van der Waals surface area contributed by atoms with Crippen LogP contribution in [0.2, 0.25) is 0 Å². The van der Waals surface area contributed by atoms with Crippen LogP contribution in [0.4, 0.5) is 0 Å². The molecule has 4 heteroatoms. The van der Waals surface area contributed by atoms with Gasteiger partial charge in [0.2, 0.25) is 5.91 Å². The summed E-state index contributed by atoms with van der Waals surface area (Å²) in [6.45, 7) is 1.07. The van der Waals surface area contributed by atoms with Crippen molar-refractivity contribution in [1.82, 2.24) is 4.90 Å². The molecule has 0 spiro atoms. The van der Waals surface area contributed by atoms with Crippen LogP contribution >= 0.6 is 0 Å². The molecule has 0 unspecified atom stereocenters. The molecule has 2 aliphatic carbocycles. The average molecular weight is 262 g/mol. The Hall–Kier alpha value is -1.29. The topological polar surface area (TPSA) is 59.5 Å². The van der Waals surface area contributed by atoms with E-state index in [1.54, 1.807) is 6.26 Å². The highest BCUT2D eigenvalue weighted by atomic mass is 16.3. The second-order valence-electron chi connectivity index (χ2n) is 5.94. The van der Waals surface area contributed by atoms with Crippen molar-refractivity contribution < 1.29 is 9.21 Å². The van der Waals surface area contributed by atoms with E-state index in [9.17, 15) is 4.79 Å². The number of nitrogens with two attached hydrogens (primary N) is 1. The van der Waals surface area contributed by atoms with Gasteiger partial charge >= 0.3 is 0 Å². The van der Waals surface area contributed by atoms with Crippen molar-refractivity contribution in [1.29, 1.82) is 0 Å². The minimum Gasteiger partial charge on any atom is -0.467 e. The first-order valence-corrected chi connectivity index (χ1v) is 7.29. The number of furan rings is 1. The van der Waals surface area contributed by atoms with Gasteiger partial charge in [0.05, 0.1) is 18.2 Å². The zero-order valence-corrected chi connectivity index (χ0v) is 11.3. The summed E-state index contributed by atoms with van der Waals surface area (Å²) in [6.07, 6.45) is 8.25. The third-order valence-corrected chi connectivity index (χ3v) is 4.63. The smallest absolute Gasteiger partial charge is 0.230 e. The van der Waals surface area contributed by atoms with E-state index in [1.165, 1.54) is 12.8 Å². The average Bonchev–Trinajstić information content (AvgIpc) is 2.84. The molecule has 2 aliphatic rings. The van der Waals surface area contributed by atoms with Gasteiger partial charge in [0.1, 0.15) is 5.76 Å². The third-order valence-electron chi connectivity index (χ3n) is 4.63. The molecule has 1 aromatic heterocycles. The van der Waals surface area contributed by atoms with Crippen molar-refractivity contribution in [3.05, 3.63) is 24.2 Å². The number of carbonyl (C=O) groups is 1. The predicted octanol–water partition coefficient (Wildman–Crippen LogP) is 2.29. The monoisotopic (exact) mass is 262 g/mol. The minimum atomic E-state index is -0.255. The number of hydrogen-bond acceptors (Lipinski definition) is 3. The number of carbonyl (C=O) groups excluding carboxylic acids is 1. The molecule has 0 saturated heterocycles. The van der Waals surface area contributed by atoms with Gasteiger partial charge in [-0.3, -0.25) is 4.79 Å². The molecule has 0 aromatic carbocycles. The van der Waals surface area contributed by atoms with Crippen molar-refractivity contribution in [3.8, 4) is 0 Å². The Balaban J connectivity index is 1.77. The van der Waals surface area contributed by atoms with Gasteiger partial charge in [-0.2, -0.15) is 0 Å². The summed E-state index contributed by atoms with van der Waals surface area (Å²) in [5.41, 5.74) is 5.55. The van der Waals surface area contributed by atoms with Gasteiger partial charge in [-0.25, -0.2) is 0 Å². The lowest BCUT2D eigenvalue weighted by Crippen LogP contribution is -2.44. The maximum atomic E-state index is 12.8. The molecular weight excluding hydrogens is 240 g/mol. The Kier molecular flexibility index (Phi) is 3.35. The summed E-state index contributed by atoms with van der Waals surface area (Å²) >= 11 is 0. The Morgan fingerprint density at radius 3 is 2.68 bits per heavy atom.